The van der Waals surface area contributed by atoms with Crippen molar-refractivity contribution in [2.45, 2.75) is 38.8 Å². The lowest BCUT2D eigenvalue weighted by Crippen LogP contribution is -2.43. The minimum Gasteiger partial charge on any atom is -0.313 e. The number of hydrogen-bond donors (Lipinski definition) is 1. The second-order valence-electron chi connectivity index (χ2n) is 4.55. The summed E-state index contributed by atoms with van der Waals surface area (Å²) in [4.78, 5) is 4.03. The molecule has 0 spiro atoms. The summed E-state index contributed by atoms with van der Waals surface area (Å²) in [7, 11) is 0. The zero-order chi connectivity index (χ0) is 11.2. The lowest BCUT2D eigenvalue weighted by Gasteiger charge is -2.29. The Hall–Kier alpha value is -0.380. The molecule has 0 bridgehead atoms. The molecule has 2 nitrogen and oxygen atoms in total. The lowest BCUT2D eigenvalue weighted by atomic mass is 10.0. The SMILES string of the molecule is CCN(Cc1cccs1)CC1CCCCN1. The van der Waals surface area contributed by atoms with Crippen LogP contribution in [-0.4, -0.2) is 30.6 Å². The van der Waals surface area contributed by atoms with Gasteiger partial charge in [0.2, 0.25) is 0 Å². The van der Waals surface area contributed by atoms with Gasteiger partial charge in [-0.3, -0.25) is 4.90 Å². The molecule has 90 valence electrons. The predicted octanol–water partition coefficient (Wildman–Crippen LogP) is 2.71. The highest BCUT2D eigenvalue weighted by Crippen LogP contribution is 2.14. The topological polar surface area (TPSA) is 15.3 Å². The predicted molar refractivity (Wildman–Crippen MR) is 70.9 cm³/mol. The van der Waals surface area contributed by atoms with Crippen LogP contribution < -0.4 is 5.32 Å². The monoisotopic (exact) mass is 238 g/mol. The first-order valence-corrected chi connectivity index (χ1v) is 7.24. The fourth-order valence-electron chi connectivity index (χ4n) is 2.32. The van der Waals surface area contributed by atoms with Crippen LogP contribution in [0, 0.1) is 0 Å². The minimum absolute atomic E-state index is 0.716. The van der Waals surface area contributed by atoms with Crippen molar-refractivity contribution in [2.24, 2.45) is 0 Å². The van der Waals surface area contributed by atoms with Crippen LogP contribution in [0.15, 0.2) is 17.5 Å². The van der Waals surface area contributed by atoms with Gasteiger partial charge in [0, 0.05) is 24.0 Å². The van der Waals surface area contributed by atoms with Gasteiger partial charge < -0.3 is 5.32 Å². The summed E-state index contributed by atoms with van der Waals surface area (Å²) in [6.45, 7) is 6.94. The Kier molecular flexibility index (Phi) is 4.82. The Bertz CT molecular complexity index is 278. The number of nitrogens with zero attached hydrogens (tertiary/aromatic N) is 1. The first-order chi connectivity index (χ1) is 7.88. The molecule has 2 heterocycles. The third-order valence-electron chi connectivity index (χ3n) is 3.30. The van der Waals surface area contributed by atoms with Crippen LogP contribution in [0.5, 0.6) is 0 Å². The number of nitrogens with one attached hydrogen (secondary N) is 1. The Morgan fingerprint density at radius 2 is 2.44 bits per heavy atom. The molecule has 1 fully saturated rings. The van der Waals surface area contributed by atoms with Crippen molar-refractivity contribution in [3.8, 4) is 0 Å². The van der Waals surface area contributed by atoms with Crippen LogP contribution in [0.4, 0.5) is 0 Å². The fraction of sp³-hybridized carbons (Fsp3) is 0.692. The van der Waals surface area contributed by atoms with Gasteiger partial charge in [0.1, 0.15) is 0 Å². The van der Waals surface area contributed by atoms with Crippen molar-refractivity contribution < 1.29 is 0 Å². The molecule has 1 saturated heterocycles. The average molecular weight is 238 g/mol. The molecule has 1 aromatic heterocycles. The normalized spacial score (nSPS) is 21.5. The van der Waals surface area contributed by atoms with Crippen LogP contribution in [0.3, 0.4) is 0 Å². The number of hydrogen-bond acceptors (Lipinski definition) is 3. The Morgan fingerprint density at radius 3 is 3.06 bits per heavy atom. The molecule has 1 aliphatic rings. The van der Waals surface area contributed by atoms with Crippen molar-refractivity contribution in [1.82, 2.24) is 10.2 Å². The molecule has 0 aliphatic carbocycles. The van der Waals surface area contributed by atoms with Crippen molar-refractivity contribution in [3.05, 3.63) is 22.4 Å². The van der Waals surface area contributed by atoms with Crippen LogP contribution >= 0.6 is 11.3 Å². The van der Waals surface area contributed by atoms with Gasteiger partial charge in [0.05, 0.1) is 0 Å². The third-order valence-corrected chi connectivity index (χ3v) is 4.16. The fourth-order valence-corrected chi connectivity index (χ4v) is 3.07. The van der Waals surface area contributed by atoms with Gasteiger partial charge in [-0.15, -0.1) is 11.3 Å². The van der Waals surface area contributed by atoms with Crippen LogP contribution in [0.1, 0.15) is 31.1 Å². The number of rotatable bonds is 5. The Balaban J connectivity index is 1.80. The molecule has 16 heavy (non-hydrogen) atoms. The molecule has 1 atom stereocenters. The molecular formula is C13H22N2S. The maximum absolute atomic E-state index is 3.63. The first-order valence-electron chi connectivity index (χ1n) is 6.36. The second-order valence-corrected chi connectivity index (χ2v) is 5.59. The van der Waals surface area contributed by atoms with Crippen LogP contribution in [0.25, 0.3) is 0 Å². The van der Waals surface area contributed by atoms with Gasteiger partial charge in [-0.2, -0.15) is 0 Å². The third kappa shape index (κ3) is 3.58. The van der Waals surface area contributed by atoms with E-state index in [0.29, 0.717) is 6.04 Å². The van der Waals surface area contributed by atoms with Gasteiger partial charge in [-0.25, -0.2) is 0 Å². The molecule has 1 N–H and O–H groups in total. The van der Waals surface area contributed by atoms with Crippen molar-refractivity contribution in [1.29, 1.82) is 0 Å². The van der Waals surface area contributed by atoms with E-state index in [0.717, 1.165) is 13.1 Å². The number of thiophene rings is 1. The first kappa shape index (κ1) is 12.1. The molecule has 0 aromatic carbocycles. The highest BCUT2D eigenvalue weighted by molar-refractivity contribution is 7.09. The van der Waals surface area contributed by atoms with E-state index in [9.17, 15) is 0 Å². The standard InChI is InChI=1S/C13H22N2S/c1-2-15(11-13-7-5-9-16-13)10-12-6-3-4-8-14-12/h5,7,9,12,14H,2-4,6,8,10-11H2,1H3. The van der Waals surface area contributed by atoms with Crippen molar-refractivity contribution in [2.75, 3.05) is 19.6 Å². The van der Waals surface area contributed by atoms with E-state index in [4.69, 9.17) is 0 Å². The van der Waals surface area contributed by atoms with Crippen molar-refractivity contribution >= 4 is 11.3 Å². The van der Waals surface area contributed by atoms with E-state index < -0.39 is 0 Å². The lowest BCUT2D eigenvalue weighted by molar-refractivity contribution is 0.228. The molecule has 1 aliphatic heterocycles. The Morgan fingerprint density at radius 1 is 1.50 bits per heavy atom. The molecule has 0 saturated carbocycles. The van der Waals surface area contributed by atoms with E-state index in [1.54, 1.807) is 0 Å². The quantitative estimate of drug-likeness (QED) is 0.848. The van der Waals surface area contributed by atoms with Gasteiger partial charge in [0.25, 0.3) is 0 Å². The molecule has 2 rings (SSSR count). The zero-order valence-corrected chi connectivity index (χ0v) is 10.9. The van der Waals surface area contributed by atoms with Crippen LogP contribution in [0.2, 0.25) is 0 Å². The van der Waals surface area contributed by atoms with Gasteiger partial charge in [-0.05, 0) is 37.4 Å². The summed E-state index contributed by atoms with van der Waals surface area (Å²) in [5.41, 5.74) is 0. The summed E-state index contributed by atoms with van der Waals surface area (Å²) in [5.74, 6) is 0. The molecule has 3 heteroatoms. The molecule has 0 radical (unpaired) electrons. The highest BCUT2D eigenvalue weighted by Gasteiger charge is 2.15. The minimum atomic E-state index is 0.716. The number of likely N-dealkylation sites (N-methyl/N-ethyl adjacent to an activating group) is 1. The zero-order valence-electron chi connectivity index (χ0n) is 10.1. The van der Waals surface area contributed by atoms with E-state index in [1.165, 1.54) is 37.2 Å². The van der Waals surface area contributed by atoms with Gasteiger partial charge >= 0.3 is 0 Å². The highest BCUT2D eigenvalue weighted by atomic mass is 32.1. The average Bonchev–Trinajstić information content (AvgIpc) is 2.82. The maximum Gasteiger partial charge on any atom is 0.0328 e. The summed E-state index contributed by atoms with van der Waals surface area (Å²) in [5, 5.41) is 5.79. The van der Waals surface area contributed by atoms with Gasteiger partial charge in [-0.1, -0.05) is 19.4 Å². The van der Waals surface area contributed by atoms with E-state index in [2.05, 4.69) is 34.7 Å². The summed E-state index contributed by atoms with van der Waals surface area (Å²) in [6, 6.07) is 5.10. The summed E-state index contributed by atoms with van der Waals surface area (Å²) >= 11 is 1.87. The molecule has 0 amide bonds. The molecule has 1 unspecified atom stereocenters. The van der Waals surface area contributed by atoms with Crippen LogP contribution in [-0.2, 0) is 6.54 Å². The smallest absolute Gasteiger partial charge is 0.0328 e. The summed E-state index contributed by atoms with van der Waals surface area (Å²) < 4.78 is 0. The Labute approximate surface area is 103 Å². The van der Waals surface area contributed by atoms with E-state index in [-0.39, 0.29) is 0 Å². The number of piperidine rings is 1. The summed E-state index contributed by atoms with van der Waals surface area (Å²) in [6.07, 6.45) is 4.10. The largest absolute Gasteiger partial charge is 0.313 e. The second kappa shape index (κ2) is 6.38. The maximum atomic E-state index is 3.63. The van der Waals surface area contributed by atoms with E-state index >= 15 is 0 Å². The van der Waals surface area contributed by atoms with E-state index in [1.807, 2.05) is 11.3 Å². The molecular weight excluding hydrogens is 216 g/mol. The van der Waals surface area contributed by atoms with Gasteiger partial charge in [0.15, 0.2) is 0 Å². The van der Waals surface area contributed by atoms with Crippen molar-refractivity contribution in [3.63, 3.8) is 0 Å². The molecule has 1 aromatic rings.